The van der Waals surface area contributed by atoms with Crippen molar-refractivity contribution in [3.63, 3.8) is 0 Å². The molecule has 11 heteroatoms. The highest BCUT2D eigenvalue weighted by Gasteiger charge is 2.79. The minimum atomic E-state index is -2.33. The minimum Gasteiger partial charge on any atom is -0.455 e. The van der Waals surface area contributed by atoms with Crippen molar-refractivity contribution in [2.24, 2.45) is 22.7 Å². The standard InChI is InChI=1S/C40H56O10Si/c1-9-29-46-31-30-23(5)26(41)21-40(44,37(30,6)7)34(48-35(42)24-16-14-13-15-17-24)32-38(8,33(31)47-29)27(50-51(10-2,11-3)12-4)20-28-39(32,22-45-28)49-36(43)25-18-19-25/h9,13-17,25-29,31-34,41,44H,1,10-12,18-22H2,2-8H3/t26?,27?,28?,29?,31?,32?,33?,34?,38-,39?,40?/m1/s1. The summed E-state index contributed by atoms with van der Waals surface area (Å²) in [5, 5.41) is 25.3. The Hall–Kier alpha value is -2.38. The topological polar surface area (TPSA) is 130 Å². The lowest BCUT2D eigenvalue weighted by atomic mass is 9.44. The van der Waals surface area contributed by atoms with Gasteiger partial charge in [-0.2, -0.15) is 0 Å². The Morgan fingerprint density at radius 3 is 2.29 bits per heavy atom. The molecule has 1 aromatic rings. The van der Waals surface area contributed by atoms with Crippen LogP contribution in [-0.2, 0) is 32.9 Å². The Bertz CT molecular complexity index is 1560. The van der Waals surface area contributed by atoms with Gasteiger partial charge in [0.05, 0.1) is 42.3 Å². The summed E-state index contributed by atoms with van der Waals surface area (Å²) in [4.78, 5) is 28.2. The van der Waals surface area contributed by atoms with Crippen LogP contribution in [0.15, 0.2) is 54.1 Å². The van der Waals surface area contributed by atoms with Gasteiger partial charge in [0.2, 0.25) is 0 Å². The predicted molar refractivity (Wildman–Crippen MR) is 191 cm³/mol. The number of esters is 2. The summed E-state index contributed by atoms with van der Waals surface area (Å²) in [6.07, 6.45) is -2.25. The van der Waals surface area contributed by atoms with E-state index in [-0.39, 0.29) is 24.9 Å². The third kappa shape index (κ3) is 5.39. The number of rotatable bonds is 10. The molecule has 280 valence electrons. The fourth-order valence-electron chi connectivity index (χ4n) is 10.4. The lowest BCUT2D eigenvalue weighted by Gasteiger charge is -2.69. The second-order valence-corrected chi connectivity index (χ2v) is 21.4. The van der Waals surface area contributed by atoms with Gasteiger partial charge >= 0.3 is 11.9 Å². The van der Waals surface area contributed by atoms with Gasteiger partial charge in [-0.3, -0.25) is 4.79 Å². The number of carbonyl (C=O) groups excluding carboxylic acids is 2. The molecule has 0 amide bonds. The molecule has 1 aromatic carbocycles. The molecule has 51 heavy (non-hydrogen) atoms. The molecule has 0 spiro atoms. The lowest BCUT2D eigenvalue weighted by Crippen LogP contribution is -2.82. The van der Waals surface area contributed by atoms with Crippen molar-refractivity contribution >= 4 is 20.3 Å². The summed E-state index contributed by atoms with van der Waals surface area (Å²) in [7, 11) is -2.33. The maximum Gasteiger partial charge on any atom is 0.338 e. The SMILES string of the molecule is C=CC1OC2C3=C(C)C(O)CC(O)(C(OC(=O)c4ccccc4)C4C5(OC(=O)C6CC6)COC5CC(O[Si](CC)(CC)CC)[C@@]4(C)C2O1)C3(C)C. The number of benzene rings is 1. The zero-order valence-electron chi connectivity index (χ0n) is 31.2. The number of carbonyl (C=O) groups is 2. The van der Waals surface area contributed by atoms with Gasteiger partial charge in [0.15, 0.2) is 20.2 Å². The predicted octanol–water partition coefficient (Wildman–Crippen LogP) is 5.87. The zero-order valence-corrected chi connectivity index (χ0v) is 32.2. The fraction of sp³-hybridized carbons (Fsp3) is 0.700. The molecule has 6 aliphatic rings. The van der Waals surface area contributed by atoms with Crippen molar-refractivity contribution in [3.05, 3.63) is 59.7 Å². The number of hydrogen-bond acceptors (Lipinski definition) is 10. The average Bonchev–Trinajstić information content (AvgIpc) is 3.88. The third-order valence-corrected chi connectivity index (χ3v) is 18.7. The fourth-order valence-corrected chi connectivity index (χ4v) is 13.3. The quantitative estimate of drug-likeness (QED) is 0.172. The summed E-state index contributed by atoms with van der Waals surface area (Å²) in [6, 6.07) is 11.4. The first-order valence-electron chi connectivity index (χ1n) is 19.0. The molecule has 7 rings (SSSR count). The smallest absolute Gasteiger partial charge is 0.338 e. The van der Waals surface area contributed by atoms with Crippen LogP contribution in [0.5, 0.6) is 0 Å². The summed E-state index contributed by atoms with van der Waals surface area (Å²) in [6.45, 7) is 18.4. The molecule has 2 bridgehead atoms. The monoisotopic (exact) mass is 724 g/mol. The number of hydrogen-bond donors (Lipinski definition) is 2. The molecule has 0 radical (unpaired) electrons. The van der Waals surface area contributed by atoms with Crippen molar-refractivity contribution in [2.75, 3.05) is 6.61 Å². The Morgan fingerprint density at radius 2 is 1.73 bits per heavy atom. The molecule has 2 aliphatic heterocycles. The highest BCUT2D eigenvalue weighted by Crippen LogP contribution is 2.67. The third-order valence-electron chi connectivity index (χ3n) is 14.0. The van der Waals surface area contributed by atoms with Crippen LogP contribution in [0.4, 0.5) is 0 Å². The highest BCUT2D eigenvalue weighted by atomic mass is 28.4. The molecule has 4 aliphatic carbocycles. The Morgan fingerprint density at radius 1 is 1.06 bits per heavy atom. The van der Waals surface area contributed by atoms with Gasteiger partial charge in [0.1, 0.15) is 23.9 Å². The van der Waals surface area contributed by atoms with E-state index in [1.807, 2.05) is 26.8 Å². The largest absolute Gasteiger partial charge is 0.455 e. The molecule has 5 fully saturated rings. The highest BCUT2D eigenvalue weighted by molar-refractivity contribution is 6.73. The Labute approximate surface area is 303 Å². The number of ether oxygens (including phenoxy) is 5. The van der Waals surface area contributed by atoms with Crippen molar-refractivity contribution in [1.29, 1.82) is 0 Å². The summed E-state index contributed by atoms with van der Waals surface area (Å²) in [5.41, 5.74) is -3.59. The summed E-state index contributed by atoms with van der Waals surface area (Å²) in [5.74, 6) is -2.03. The van der Waals surface area contributed by atoms with E-state index in [2.05, 4.69) is 34.3 Å². The van der Waals surface area contributed by atoms with E-state index in [1.54, 1.807) is 30.3 Å². The van der Waals surface area contributed by atoms with Crippen LogP contribution in [0.25, 0.3) is 0 Å². The second-order valence-electron chi connectivity index (χ2n) is 16.7. The molecule has 2 heterocycles. The van der Waals surface area contributed by atoms with E-state index in [9.17, 15) is 19.8 Å². The molecule has 2 N–H and O–H groups in total. The first-order valence-corrected chi connectivity index (χ1v) is 21.5. The van der Waals surface area contributed by atoms with Gasteiger partial charge in [0.25, 0.3) is 0 Å². The van der Waals surface area contributed by atoms with Crippen LogP contribution in [0.1, 0.15) is 84.5 Å². The Balaban J connectivity index is 1.52. The molecular formula is C40H56O10Si. The van der Waals surface area contributed by atoms with Gasteiger partial charge in [-0.15, -0.1) is 0 Å². The van der Waals surface area contributed by atoms with E-state index in [4.69, 9.17) is 28.1 Å². The minimum absolute atomic E-state index is 0.0598. The van der Waals surface area contributed by atoms with Crippen molar-refractivity contribution in [1.82, 2.24) is 0 Å². The first kappa shape index (κ1) is 37.0. The van der Waals surface area contributed by atoms with Crippen molar-refractivity contribution < 1.29 is 47.9 Å². The molecule has 10 unspecified atom stereocenters. The molecule has 2 saturated heterocycles. The van der Waals surface area contributed by atoms with E-state index in [1.165, 1.54) is 0 Å². The maximum atomic E-state index is 14.3. The van der Waals surface area contributed by atoms with Crippen LogP contribution in [0.2, 0.25) is 18.1 Å². The van der Waals surface area contributed by atoms with Crippen LogP contribution in [0.3, 0.4) is 0 Å². The summed E-state index contributed by atoms with van der Waals surface area (Å²) >= 11 is 0. The van der Waals surface area contributed by atoms with E-state index in [0.29, 0.717) is 23.1 Å². The van der Waals surface area contributed by atoms with E-state index >= 15 is 0 Å². The first-order chi connectivity index (χ1) is 24.2. The summed E-state index contributed by atoms with van der Waals surface area (Å²) < 4.78 is 40.9. The van der Waals surface area contributed by atoms with Crippen LogP contribution < -0.4 is 0 Å². The number of fused-ring (bicyclic) bond motifs is 8. The van der Waals surface area contributed by atoms with Gasteiger partial charge in [-0.25, -0.2) is 4.79 Å². The van der Waals surface area contributed by atoms with Gasteiger partial charge in [-0.05, 0) is 67.3 Å². The molecular weight excluding hydrogens is 669 g/mol. The molecule has 11 atom stereocenters. The Kier molecular flexibility index (Phi) is 9.34. The molecule has 0 aromatic heterocycles. The van der Waals surface area contributed by atoms with E-state index < -0.39 is 85.2 Å². The second kappa shape index (κ2) is 12.9. The van der Waals surface area contributed by atoms with Gasteiger partial charge in [-0.1, -0.05) is 66.3 Å². The van der Waals surface area contributed by atoms with Crippen LogP contribution in [-0.4, -0.2) is 91.2 Å². The number of aliphatic hydroxyl groups excluding tert-OH is 1. The van der Waals surface area contributed by atoms with Crippen molar-refractivity contribution in [2.45, 2.75) is 146 Å². The van der Waals surface area contributed by atoms with Crippen molar-refractivity contribution in [3.8, 4) is 0 Å². The molecule has 10 nitrogen and oxygen atoms in total. The van der Waals surface area contributed by atoms with Gasteiger partial charge in [0, 0.05) is 23.7 Å². The number of aliphatic hydroxyl groups is 2. The van der Waals surface area contributed by atoms with Crippen LogP contribution in [0, 0.1) is 22.7 Å². The van der Waals surface area contributed by atoms with Crippen LogP contribution >= 0.6 is 0 Å². The average molecular weight is 725 g/mol. The molecule has 3 saturated carbocycles. The lowest BCUT2D eigenvalue weighted by molar-refractivity contribution is -0.361. The normalized spacial score (nSPS) is 41.2. The maximum absolute atomic E-state index is 14.3. The van der Waals surface area contributed by atoms with E-state index in [0.717, 1.165) is 31.0 Å². The van der Waals surface area contributed by atoms with Gasteiger partial charge < -0.3 is 38.3 Å². The zero-order chi connectivity index (χ0) is 36.7.